The number of benzene rings is 1. The summed E-state index contributed by atoms with van der Waals surface area (Å²) >= 11 is 3.58. The number of halogens is 1. The SMILES string of the molecule is Cc1nn(-c2ccccn2)c2nc(C3CC3)cc(C(=O)NC(C)c3ccccc3Br)c12. The minimum Gasteiger partial charge on any atom is -0.345 e. The number of fused-ring (bicyclic) bond motifs is 1. The van der Waals surface area contributed by atoms with Crippen molar-refractivity contribution in [2.24, 2.45) is 0 Å². The largest absolute Gasteiger partial charge is 0.345 e. The number of carbonyl (C=O) groups excluding carboxylic acids is 1. The van der Waals surface area contributed by atoms with Crippen LogP contribution in [0.5, 0.6) is 0 Å². The molecule has 0 saturated heterocycles. The summed E-state index contributed by atoms with van der Waals surface area (Å²) in [5.41, 5.74) is 4.03. The van der Waals surface area contributed by atoms with Gasteiger partial charge in [0.2, 0.25) is 0 Å². The standard InChI is InChI=1S/C24H22BrN5O/c1-14(17-7-3-4-8-19(17)25)27-24(31)18-13-20(16-10-11-16)28-23-22(18)15(2)29-30(23)21-9-5-6-12-26-21/h3-9,12-14,16H,10-11H2,1-2H3,(H,27,31). The van der Waals surface area contributed by atoms with E-state index in [4.69, 9.17) is 4.98 Å². The smallest absolute Gasteiger partial charge is 0.252 e. The Labute approximate surface area is 188 Å². The van der Waals surface area contributed by atoms with E-state index in [9.17, 15) is 4.79 Å². The van der Waals surface area contributed by atoms with Gasteiger partial charge >= 0.3 is 0 Å². The first kappa shape index (κ1) is 19.9. The monoisotopic (exact) mass is 475 g/mol. The Balaban J connectivity index is 1.60. The van der Waals surface area contributed by atoms with Crippen molar-refractivity contribution in [3.8, 4) is 5.82 Å². The summed E-state index contributed by atoms with van der Waals surface area (Å²) in [6, 6.07) is 15.4. The average molecular weight is 476 g/mol. The number of rotatable bonds is 5. The summed E-state index contributed by atoms with van der Waals surface area (Å²) in [6.07, 6.45) is 3.93. The third-order valence-electron chi connectivity index (χ3n) is 5.66. The molecule has 1 saturated carbocycles. The second kappa shape index (κ2) is 7.89. The van der Waals surface area contributed by atoms with Crippen molar-refractivity contribution in [2.75, 3.05) is 0 Å². The van der Waals surface area contributed by atoms with Crippen LogP contribution >= 0.6 is 15.9 Å². The maximum Gasteiger partial charge on any atom is 0.252 e. The molecule has 1 amide bonds. The van der Waals surface area contributed by atoms with E-state index in [1.54, 1.807) is 10.9 Å². The molecule has 5 rings (SSSR count). The van der Waals surface area contributed by atoms with Gasteiger partial charge in [-0.25, -0.2) is 9.97 Å². The van der Waals surface area contributed by atoms with E-state index in [2.05, 4.69) is 31.3 Å². The first-order chi connectivity index (χ1) is 15.0. The van der Waals surface area contributed by atoms with Crippen molar-refractivity contribution in [3.63, 3.8) is 0 Å². The van der Waals surface area contributed by atoms with Gasteiger partial charge in [0.1, 0.15) is 0 Å². The zero-order chi connectivity index (χ0) is 21.5. The first-order valence-electron chi connectivity index (χ1n) is 10.4. The fraction of sp³-hybridized carbons (Fsp3) is 0.250. The van der Waals surface area contributed by atoms with E-state index in [1.165, 1.54) is 0 Å². The summed E-state index contributed by atoms with van der Waals surface area (Å²) in [5, 5.41) is 8.61. The molecule has 1 fully saturated rings. The van der Waals surface area contributed by atoms with Gasteiger partial charge in [-0.15, -0.1) is 0 Å². The number of hydrogen-bond acceptors (Lipinski definition) is 4. The quantitative estimate of drug-likeness (QED) is 0.427. The third-order valence-corrected chi connectivity index (χ3v) is 6.38. The van der Waals surface area contributed by atoms with Crippen LogP contribution < -0.4 is 5.32 Å². The van der Waals surface area contributed by atoms with E-state index >= 15 is 0 Å². The molecule has 31 heavy (non-hydrogen) atoms. The maximum absolute atomic E-state index is 13.4. The van der Waals surface area contributed by atoms with E-state index in [-0.39, 0.29) is 11.9 Å². The fourth-order valence-electron chi connectivity index (χ4n) is 3.89. The molecule has 156 valence electrons. The Hall–Kier alpha value is -3.06. The zero-order valence-electron chi connectivity index (χ0n) is 17.3. The summed E-state index contributed by atoms with van der Waals surface area (Å²) in [4.78, 5) is 22.8. The van der Waals surface area contributed by atoms with Gasteiger partial charge in [-0.1, -0.05) is 40.2 Å². The average Bonchev–Trinajstić information content (AvgIpc) is 3.58. The molecule has 6 nitrogen and oxygen atoms in total. The van der Waals surface area contributed by atoms with Crippen LogP contribution in [0.15, 0.2) is 59.2 Å². The summed E-state index contributed by atoms with van der Waals surface area (Å²) in [5.74, 6) is 0.972. The first-order valence-corrected chi connectivity index (χ1v) is 11.2. The van der Waals surface area contributed by atoms with E-state index in [0.29, 0.717) is 22.9 Å². The lowest BCUT2D eigenvalue weighted by atomic mass is 10.0. The molecule has 3 aromatic heterocycles. The molecule has 7 heteroatoms. The van der Waals surface area contributed by atoms with Crippen molar-refractivity contribution in [1.82, 2.24) is 25.1 Å². The molecular weight excluding hydrogens is 454 g/mol. The van der Waals surface area contributed by atoms with Gasteiger partial charge in [0, 0.05) is 22.3 Å². The van der Waals surface area contributed by atoms with E-state index in [1.807, 2.05) is 62.4 Å². The Morgan fingerprint density at radius 2 is 1.97 bits per heavy atom. The maximum atomic E-state index is 13.4. The highest BCUT2D eigenvalue weighted by molar-refractivity contribution is 9.10. The normalized spacial score (nSPS) is 14.5. The van der Waals surface area contributed by atoms with E-state index in [0.717, 1.165) is 39.7 Å². The van der Waals surface area contributed by atoms with Crippen LogP contribution in [0.1, 0.15) is 59.0 Å². The highest BCUT2D eigenvalue weighted by Crippen LogP contribution is 2.40. The molecule has 0 bridgehead atoms. The number of hydrogen-bond donors (Lipinski definition) is 1. The second-order valence-corrected chi connectivity index (χ2v) is 8.82. The van der Waals surface area contributed by atoms with Gasteiger partial charge in [0.25, 0.3) is 5.91 Å². The van der Waals surface area contributed by atoms with Crippen LogP contribution in [0, 0.1) is 6.92 Å². The number of aryl methyl sites for hydroxylation is 1. The number of nitrogens with zero attached hydrogens (tertiary/aromatic N) is 4. The van der Waals surface area contributed by atoms with E-state index < -0.39 is 0 Å². The fourth-order valence-corrected chi connectivity index (χ4v) is 4.52. The minimum atomic E-state index is -0.151. The molecule has 4 aromatic rings. The minimum absolute atomic E-state index is 0.124. The van der Waals surface area contributed by atoms with Crippen molar-refractivity contribution in [2.45, 2.75) is 38.6 Å². The zero-order valence-corrected chi connectivity index (χ0v) is 18.9. The lowest BCUT2D eigenvalue weighted by Gasteiger charge is -2.17. The molecule has 0 spiro atoms. The molecule has 1 unspecified atom stereocenters. The molecule has 1 aromatic carbocycles. The van der Waals surface area contributed by atoms with Gasteiger partial charge in [0.05, 0.1) is 22.7 Å². The van der Waals surface area contributed by atoms with Crippen LogP contribution in [-0.2, 0) is 0 Å². The molecule has 0 radical (unpaired) electrons. The molecule has 1 N–H and O–H groups in total. The van der Waals surface area contributed by atoms with Gasteiger partial charge in [0.15, 0.2) is 11.5 Å². The molecule has 1 atom stereocenters. The lowest BCUT2D eigenvalue weighted by Crippen LogP contribution is -2.27. The Kier molecular flexibility index (Phi) is 5.06. The number of nitrogens with one attached hydrogen (secondary N) is 1. The Morgan fingerprint density at radius 1 is 1.19 bits per heavy atom. The lowest BCUT2D eigenvalue weighted by molar-refractivity contribution is 0.0941. The van der Waals surface area contributed by atoms with Crippen molar-refractivity contribution in [3.05, 3.63) is 81.7 Å². The van der Waals surface area contributed by atoms with Crippen LogP contribution in [0.2, 0.25) is 0 Å². The van der Waals surface area contributed by atoms with Gasteiger partial charge in [-0.2, -0.15) is 9.78 Å². The van der Waals surface area contributed by atoms with Crippen molar-refractivity contribution in [1.29, 1.82) is 0 Å². The number of amides is 1. The molecule has 3 heterocycles. The number of pyridine rings is 2. The predicted octanol–water partition coefficient (Wildman–Crippen LogP) is 5.25. The topological polar surface area (TPSA) is 72.7 Å². The predicted molar refractivity (Wildman–Crippen MR) is 123 cm³/mol. The summed E-state index contributed by atoms with van der Waals surface area (Å²) < 4.78 is 2.71. The number of carbonyl (C=O) groups is 1. The number of aromatic nitrogens is 4. The highest BCUT2D eigenvalue weighted by Gasteiger charge is 2.29. The van der Waals surface area contributed by atoms with Gasteiger partial charge in [-0.3, -0.25) is 4.79 Å². The van der Waals surface area contributed by atoms with Gasteiger partial charge in [-0.05, 0) is 56.5 Å². The van der Waals surface area contributed by atoms with Crippen LogP contribution in [0.3, 0.4) is 0 Å². The van der Waals surface area contributed by atoms with Crippen LogP contribution in [-0.4, -0.2) is 25.7 Å². The van der Waals surface area contributed by atoms with Crippen molar-refractivity contribution >= 4 is 32.9 Å². The summed E-state index contributed by atoms with van der Waals surface area (Å²) in [6.45, 7) is 3.90. The van der Waals surface area contributed by atoms with Crippen LogP contribution in [0.4, 0.5) is 0 Å². The molecule has 1 aliphatic carbocycles. The van der Waals surface area contributed by atoms with Crippen LogP contribution in [0.25, 0.3) is 16.9 Å². The van der Waals surface area contributed by atoms with Gasteiger partial charge < -0.3 is 5.32 Å². The molecule has 0 aliphatic heterocycles. The van der Waals surface area contributed by atoms with Crippen molar-refractivity contribution < 1.29 is 4.79 Å². The second-order valence-electron chi connectivity index (χ2n) is 7.97. The molecular formula is C24H22BrN5O. The Bertz CT molecular complexity index is 1280. The molecule has 1 aliphatic rings. The Morgan fingerprint density at radius 3 is 2.68 bits per heavy atom. The third kappa shape index (κ3) is 3.74. The summed E-state index contributed by atoms with van der Waals surface area (Å²) in [7, 11) is 0. The highest BCUT2D eigenvalue weighted by atomic mass is 79.9.